The van der Waals surface area contributed by atoms with E-state index in [1.165, 1.54) is 18.0 Å². The van der Waals surface area contributed by atoms with Crippen molar-refractivity contribution in [3.63, 3.8) is 0 Å². The number of thioether (sulfide) groups is 1. The molecule has 2 aliphatic rings. The van der Waals surface area contributed by atoms with Crippen LogP contribution in [0.15, 0.2) is 66.0 Å². The van der Waals surface area contributed by atoms with E-state index < -0.39 is 23.2 Å². The Kier molecular flexibility index (Phi) is 6.85. The number of halogens is 1. The highest BCUT2D eigenvalue weighted by Crippen LogP contribution is 2.43. The molecule has 2 atom stereocenters. The number of pyridine rings is 1. The van der Waals surface area contributed by atoms with Crippen LogP contribution in [0.5, 0.6) is 0 Å². The number of alkyl carbamates (subject to hydrolysis) is 1. The van der Waals surface area contributed by atoms with Crippen molar-refractivity contribution in [2.24, 2.45) is 10.9 Å². The maximum atomic E-state index is 14.6. The van der Waals surface area contributed by atoms with Gasteiger partial charge in [0, 0.05) is 36.5 Å². The number of hydrogen-bond acceptors (Lipinski definition) is 8. The fraction of sp³-hybridized carbons (Fsp3) is 0.370. The molecule has 1 amide bonds. The van der Waals surface area contributed by atoms with Crippen LogP contribution in [0, 0.1) is 11.9 Å². The number of fused-ring (bicyclic) bond motifs is 2. The lowest BCUT2D eigenvalue weighted by Crippen LogP contribution is -2.50. The first-order valence-corrected chi connectivity index (χ1v) is 13.2. The SMILES string of the molecule is CC(C)(C)OC(=O)NC1=N[C@]2(c3cccc(-c4cccnc4F)c3)C[C@@H](CS1)CN(c1ncccn1)C2. The summed E-state index contributed by atoms with van der Waals surface area (Å²) in [6.07, 6.45) is 5.12. The fourth-order valence-corrected chi connectivity index (χ4v) is 5.84. The third kappa shape index (κ3) is 5.74. The minimum absolute atomic E-state index is 0.253. The summed E-state index contributed by atoms with van der Waals surface area (Å²) in [5, 5.41) is 3.37. The van der Waals surface area contributed by atoms with Crippen LogP contribution in [0.2, 0.25) is 0 Å². The first-order valence-electron chi connectivity index (χ1n) is 12.2. The number of amides is 1. The van der Waals surface area contributed by atoms with Gasteiger partial charge in [-0.1, -0.05) is 30.0 Å². The quantitative estimate of drug-likeness (QED) is 0.485. The van der Waals surface area contributed by atoms with Gasteiger partial charge in [-0.3, -0.25) is 5.32 Å². The summed E-state index contributed by atoms with van der Waals surface area (Å²) < 4.78 is 20.0. The lowest BCUT2D eigenvalue weighted by molar-refractivity contribution is 0.0564. The van der Waals surface area contributed by atoms with Crippen LogP contribution in [-0.4, -0.2) is 50.7 Å². The number of carbonyl (C=O) groups is 1. The first kappa shape index (κ1) is 25.1. The average Bonchev–Trinajstić information content (AvgIpc) is 2.99. The molecule has 1 aromatic carbocycles. The van der Waals surface area contributed by atoms with E-state index in [0.717, 1.165) is 29.8 Å². The molecule has 4 heterocycles. The van der Waals surface area contributed by atoms with Gasteiger partial charge in [-0.2, -0.15) is 4.39 Å². The van der Waals surface area contributed by atoms with Gasteiger partial charge in [0.15, 0.2) is 5.17 Å². The summed E-state index contributed by atoms with van der Waals surface area (Å²) in [4.78, 5) is 32.7. The number of rotatable bonds is 3. The number of carbonyl (C=O) groups excluding carboxylic acids is 1. The zero-order valence-corrected chi connectivity index (χ0v) is 21.8. The van der Waals surface area contributed by atoms with Crippen molar-refractivity contribution in [3.05, 3.63) is 72.6 Å². The zero-order valence-electron chi connectivity index (χ0n) is 21.0. The van der Waals surface area contributed by atoms with Crippen molar-refractivity contribution in [3.8, 4) is 11.1 Å². The minimum Gasteiger partial charge on any atom is -0.444 e. The number of nitrogens with one attached hydrogen (secondary N) is 1. The number of piperidine rings is 1. The van der Waals surface area contributed by atoms with E-state index in [1.54, 1.807) is 30.6 Å². The van der Waals surface area contributed by atoms with E-state index in [1.807, 2.05) is 45.0 Å². The van der Waals surface area contributed by atoms with E-state index in [-0.39, 0.29) is 5.92 Å². The van der Waals surface area contributed by atoms with Crippen molar-refractivity contribution < 1.29 is 13.9 Å². The van der Waals surface area contributed by atoms with Gasteiger partial charge in [-0.05, 0) is 68.5 Å². The van der Waals surface area contributed by atoms with Crippen LogP contribution in [0.25, 0.3) is 11.1 Å². The second-order valence-corrected chi connectivity index (χ2v) is 11.3. The molecule has 0 unspecified atom stereocenters. The Balaban J connectivity index is 1.57. The molecule has 0 spiro atoms. The Morgan fingerprint density at radius 3 is 2.68 bits per heavy atom. The smallest absolute Gasteiger partial charge is 0.413 e. The van der Waals surface area contributed by atoms with Crippen LogP contribution in [0.3, 0.4) is 0 Å². The van der Waals surface area contributed by atoms with Crippen molar-refractivity contribution in [1.29, 1.82) is 0 Å². The summed E-state index contributed by atoms with van der Waals surface area (Å²) in [5.74, 6) is 1.12. The normalized spacial score (nSPS) is 21.6. The third-order valence-corrected chi connectivity index (χ3v) is 7.35. The van der Waals surface area contributed by atoms with Gasteiger partial charge in [0.25, 0.3) is 0 Å². The second-order valence-electron chi connectivity index (χ2n) is 10.3. The van der Waals surface area contributed by atoms with Gasteiger partial charge in [0.1, 0.15) is 11.1 Å². The second kappa shape index (κ2) is 10.1. The van der Waals surface area contributed by atoms with Crippen molar-refractivity contribution in [1.82, 2.24) is 20.3 Å². The van der Waals surface area contributed by atoms with Gasteiger partial charge in [-0.25, -0.2) is 24.7 Å². The maximum absolute atomic E-state index is 14.6. The summed E-state index contributed by atoms with van der Waals surface area (Å²) in [6, 6.07) is 13.0. The minimum atomic E-state index is -0.718. The molecule has 1 saturated heterocycles. The number of benzene rings is 1. The van der Waals surface area contributed by atoms with Crippen molar-refractivity contribution >= 4 is 29.0 Å². The predicted molar refractivity (Wildman–Crippen MR) is 143 cm³/mol. The molecular weight excluding hydrogens is 491 g/mol. The largest absolute Gasteiger partial charge is 0.444 e. The monoisotopic (exact) mass is 520 g/mol. The highest BCUT2D eigenvalue weighted by atomic mass is 32.2. The van der Waals surface area contributed by atoms with E-state index in [0.29, 0.717) is 23.2 Å². The lowest BCUT2D eigenvalue weighted by Gasteiger charge is -2.43. The Labute approximate surface area is 219 Å². The molecule has 0 aliphatic carbocycles. The van der Waals surface area contributed by atoms with Gasteiger partial charge in [0.2, 0.25) is 11.9 Å². The summed E-state index contributed by atoms with van der Waals surface area (Å²) in [7, 11) is 0. The Morgan fingerprint density at radius 2 is 1.92 bits per heavy atom. The molecule has 5 rings (SSSR count). The average molecular weight is 521 g/mol. The van der Waals surface area contributed by atoms with Crippen LogP contribution >= 0.6 is 11.8 Å². The van der Waals surface area contributed by atoms with Crippen molar-refractivity contribution in [2.45, 2.75) is 38.3 Å². The van der Waals surface area contributed by atoms with Crippen LogP contribution in [0.1, 0.15) is 32.8 Å². The zero-order chi connectivity index (χ0) is 26.0. The summed E-state index contributed by atoms with van der Waals surface area (Å²) >= 11 is 1.51. The number of aromatic nitrogens is 3. The summed E-state index contributed by atoms with van der Waals surface area (Å²) in [5.41, 5.74) is 0.721. The molecule has 2 aromatic heterocycles. The molecule has 37 heavy (non-hydrogen) atoms. The molecule has 2 aliphatic heterocycles. The molecule has 2 bridgehead atoms. The van der Waals surface area contributed by atoms with Gasteiger partial charge < -0.3 is 9.64 Å². The highest BCUT2D eigenvalue weighted by molar-refractivity contribution is 8.13. The molecule has 3 aromatic rings. The molecule has 0 radical (unpaired) electrons. The van der Waals surface area contributed by atoms with Gasteiger partial charge >= 0.3 is 6.09 Å². The number of anilines is 1. The highest BCUT2D eigenvalue weighted by Gasteiger charge is 2.44. The molecule has 0 saturated carbocycles. The first-order chi connectivity index (χ1) is 17.7. The molecule has 192 valence electrons. The number of amidine groups is 1. The molecular formula is C27H29FN6O2S. The van der Waals surface area contributed by atoms with Crippen molar-refractivity contribution in [2.75, 3.05) is 23.7 Å². The Bertz CT molecular complexity index is 1320. The van der Waals surface area contributed by atoms with E-state index in [9.17, 15) is 9.18 Å². The number of nitrogens with zero attached hydrogens (tertiary/aromatic N) is 5. The predicted octanol–water partition coefficient (Wildman–Crippen LogP) is 5.03. The Hall–Kier alpha value is -3.53. The standard InChI is InChI=1S/C27H29FN6O2S/c1-26(2,3)36-25(35)32-24-33-27(20-8-4-7-19(13-20)21-9-5-10-29-22(21)28)14-18(16-37-24)15-34(17-27)23-30-11-6-12-31-23/h4-13,18H,14-17H2,1-3H3,(H,32,33,35)/t18-,27-/m1/s1. The lowest BCUT2D eigenvalue weighted by atomic mass is 9.78. The van der Waals surface area contributed by atoms with E-state index in [2.05, 4.69) is 25.2 Å². The summed E-state index contributed by atoms with van der Waals surface area (Å²) in [6.45, 7) is 6.75. The molecule has 1 fully saturated rings. The van der Waals surface area contributed by atoms with Gasteiger partial charge in [-0.15, -0.1) is 0 Å². The fourth-order valence-electron chi connectivity index (χ4n) is 4.83. The van der Waals surface area contributed by atoms with Crippen LogP contribution in [0.4, 0.5) is 15.1 Å². The molecule has 10 heteroatoms. The maximum Gasteiger partial charge on any atom is 0.413 e. The van der Waals surface area contributed by atoms with E-state index >= 15 is 0 Å². The van der Waals surface area contributed by atoms with Crippen LogP contribution in [-0.2, 0) is 10.3 Å². The Morgan fingerprint density at radius 1 is 1.14 bits per heavy atom. The van der Waals surface area contributed by atoms with Crippen LogP contribution < -0.4 is 10.2 Å². The molecule has 1 N–H and O–H groups in total. The topological polar surface area (TPSA) is 92.6 Å². The van der Waals surface area contributed by atoms with E-state index in [4.69, 9.17) is 9.73 Å². The molecule has 8 nitrogen and oxygen atoms in total. The number of hydrogen-bond donors (Lipinski definition) is 1. The number of ether oxygens (including phenoxy) is 1. The number of aliphatic imine (C=N–C) groups is 1. The third-order valence-electron chi connectivity index (χ3n) is 6.24. The van der Waals surface area contributed by atoms with Gasteiger partial charge in [0.05, 0.1) is 6.54 Å².